The Morgan fingerprint density at radius 3 is 2.18 bits per heavy atom. The molecule has 6 N–H and O–H groups in total. The Kier molecular flexibility index (Phi) is 12.9. The van der Waals surface area contributed by atoms with Gasteiger partial charge in [-0.1, -0.05) is 51.3 Å². The maximum absolute atomic E-state index is 11.8. The number of nitrogens with two attached hydrogens (primary N) is 2. The summed E-state index contributed by atoms with van der Waals surface area (Å²) >= 11 is 14.7. The molecule has 0 aromatic carbocycles. The lowest BCUT2D eigenvalue weighted by Gasteiger charge is -2.33. The zero-order valence-corrected chi connectivity index (χ0v) is 22.5. The third kappa shape index (κ3) is 8.75. The fraction of sp³-hybridized carbons (Fsp3) is 0.455. The number of alkyl halides is 1. The minimum absolute atomic E-state index is 0.0297. The predicted octanol–water partition coefficient (Wildman–Crippen LogP) is 2.48. The zero-order chi connectivity index (χ0) is 25.8. The van der Waals surface area contributed by atoms with E-state index in [0.717, 1.165) is 12.1 Å². The van der Waals surface area contributed by atoms with Crippen LogP contribution in [0.4, 0.5) is 0 Å². The molecule has 0 aliphatic carbocycles. The molecule has 2 atom stereocenters. The van der Waals surface area contributed by atoms with Crippen LogP contribution in [-0.2, 0) is 24.2 Å². The second-order valence-electron chi connectivity index (χ2n) is 7.35. The first-order chi connectivity index (χ1) is 16.0. The molecule has 0 spiro atoms. The van der Waals surface area contributed by atoms with Crippen molar-refractivity contribution in [3.63, 3.8) is 0 Å². The van der Waals surface area contributed by atoms with Crippen molar-refractivity contribution in [2.45, 2.75) is 30.6 Å². The van der Waals surface area contributed by atoms with E-state index in [-0.39, 0.29) is 11.9 Å². The Hall–Kier alpha value is -1.82. The molecular weight excluding hydrogens is 547 g/mol. The zero-order valence-electron chi connectivity index (χ0n) is 19.4. The van der Waals surface area contributed by atoms with E-state index >= 15 is 0 Å². The van der Waals surface area contributed by atoms with Crippen LogP contribution in [0.5, 0.6) is 0 Å². The first-order valence-corrected chi connectivity index (χ1v) is 12.1. The number of nitrogens with zero attached hydrogens (tertiary/aromatic N) is 2. The summed E-state index contributed by atoms with van der Waals surface area (Å²) in [7, 11) is 0. The van der Waals surface area contributed by atoms with Gasteiger partial charge in [-0.15, -0.1) is 0 Å². The van der Waals surface area contributed by atoms with Gasteiger partial charge in [-0.05, 0) is 44.0 Å². The highest BCUT2D eigenvalue weighted by Gasteiger charge is 2.37. The normalized spacial score (nSPS) is 18.8. The summed E-state index contributed by atoms with van der Waals surface area (Å²) in [5.74, 6) is -0.369. The minimum atomic E-state index is -0.874. The molecule has 2 unspecified atom stereocenters. The monoisotopic (exact) mass is 576 g/mol. The van der Waals surface area contributed by atoms with Gasteiger partial charge in [-0.3, -0.25) is 14.9 Å². The molecule has 1 fully saturated rings. The molecule has 2 aromatic rings. The third-order valence-electron chi connectivity index (χ3n) is 4.74. The van der Waals surface area contributed by atoms with E-state index in [4.69, 9.17) is 39.4 Å². The lowest BCUT2D eigenvalue weighted by Crippen LogP contribution is -2.59. The first-order valence-electron chi connectivity index (χ1n) is 10.6. The summed E-state index contributed by atoms with van der Waals surface area (Å²) in [6.45, 7) is 8.28. The van der Waals surface area contributed by atoms with Crippen LogP contribution < -0.4 is 22.1 Å². The number of pyridine rings is 2. The van der Waals surface area contributed by atoms with Crippen LogP contribution in [0.25, 0.3) is 0 Å². The molecule has 0 radical (unpaired) electrons. The van der Waals surface area contributed by atoms with Crippen molar-refractivity contribution in [3.8, 4) is 0 Å². The van der Waals surface area contributed by atoms with E-state index in [1.54, 1.807) is 44.4 Å². The smallest absolute Gasteiger partial charge is 0.327 e. The number of piperazine rings is 1. The van der Waals surface area contributed by atoms with E-state index in [1.807, 2.05) is 13.0 Å². The summed E-state index contributed by atoms with van der Waals surface area (Å²) in [6.07, 6.45) is 3.17. The van der Waals surface area contributed by atoms with E-state index in [2.05, 4.69) is 36.5 Å². The lowest BCUT2D eigenvalue weighted by atomic mass is 9.91. The Balaban J connectivity index is 0.000000294. The number of carbonyl (C=O) groups excluding carboxylic acids is 2. The standard InChI is InChI=1S/C10H11BrClNO2.C10H12ClN3O.C2H8N2/c1-3-15-9(14)10(2,11)7-4-5-8(12)13-6-7;1-10(9(15)12-4-5-14-10)7-2-3-8(11)13-6-7;3-1-2-4/h4-6H,3H2,1-2H3;2-3,6,14H,4-5H2,1H3,(H,12,15);1-4H2. The van der Waals surface area contributed by atoms with E-state index in [1.165, 1.54) is 0 Å². The highest BCUT2D eigenvalue weighted by Crippen LogP contribution is 2.32. The number of amides is 1. The van der Waals surface area contributed by atoms with Crippen LogP contribution in [0, 0.1) is 0 Å². The molecule has 3 heterocycles. The van der Waals surface area contributed by atoms with Crippen LogP contribution >= 0.6 is 39.1 Å². The van der Waals surface area contributed by atoms with Crippen molar-refractivity contribution in [3.05, 3.63) is 58.1 Å². The lowest BCUT2D eigenvalue weighted by molar-refractivity contribution is -0.145. The SMILES string of the molecule is CC1(c2ccc(Cl)nc2)NCCNC1=O.CCOC(=O)C(C)(Br)c1ccc(Cl)nc1.NCCN. The second-order valence-corrected chi connectivity index (χ2v) is 9.71. The van der Waals surface area contributed by atoms with E-state index < -0.39 is 9.86 Å². The first kappa shape index (κ1) is 30.2. The number of aromatic nitrogens is 2. The summed E-state index contributed by atoms with van der Waals surface area (Å²) in [6, 6.07) is 6.87. The Morgan fingerprint density at radius 2 is 1.74 bits per heavy atom. The maximum Gasteiger partial charge on any atom is 0.327 e. The average molecular weight is 578 g/mol. The Morgan fingerprint density at radius 1 is 1.15 bits per heavy atom. The molecule has 1 amide bonds. The van der Waals surface area contributed by atoms with Crippen LogP contribution in [0.3, 0.4) is 0 Å². The Labute approximate surface area is 218 Å². The quantitative estimate of drug-likeness (QED) is 0.241. The van der Waals surface area contributed by atoms with E-state index in [0.29, 0.717) is 42.1 Å². The van der Waals surface area contributed by atoms with Crippen LogP contribution in [0.1, 0.15) is 31.9 Å². The number of esters is 1. The van der Waals surface area contributed by atoms with Gasteiger partial charge in [0.05, 0.1) is 6.61 Å². The number of halogens is 3. The van der Waals surface area contributed by atoms with Gasteiger partial charge in [0.25, 0.3) is 0 Å². The number of hydrogen-bond acceptors (Lipinski definition) is 8. The van der Waals surface area contributed by atoms with Crippen molar-refractivity contribution in [2.24, 2.45) is 11.5 Å². The van der Waals surface area contributed by atoms with Gasteiger partial charge in [0.2, 0.25) is 5.91 Å². The number of rotatable bonds is 5. The fourth-order valence-corrected chi connectivity index (χ4v) is 3.26. The van der Waals surface area contributed by atoms with Crippen molar-refractivity contribution in [1.29, 1.82) is 0 Å². The van der Waals surface area contributed by atoms with Gasteiger partial charge in [0, 0.05) is 38.6 Å². The van der Waals surface area contributed by atoms with Gasteiger partial charge >= 0.3 is 5.97 Å². The maximum atomic E-state index is 11.8. The molecule has 12 heteroatoms. The number of hydrogen-bond donors (Lipinski definition) is 4. The van der Waals surface area contributed by atoms with Crippen LogP contribution in [0.2, 0.25) is 10.3 Å². The van der Waals surface area contributed by atoms with Gasteiger partial charge in [-0.2, -0.15) is 0 Å². The molecule has 34 heavy (non-hydrogen) atoms. The van der Waals surface area contributed by atoms with Crippen molar-refractivity contribution in [2.75, 3.05) is 32.8 Å². The second kappa shape index (κ2) is 14.6. The van der Waals surface area contributed by atoms with Crippen LogP contribution in [0.15, 0.2) is 36.7 Å². The Bertz CT molecular complexity index is 908. The van der Waals surface area contributed by atoms with Gasteiger partial charge in [0.1, 0.15) is 20.2 Å². The molecule has 1 aliphatic rings. The molecule has 9 nitrogen and oxygen atoms in total. The van der Waals surface area contributed by atoms with Crippen molar-refractivity contribution < 1.29 is 14.3 Å². The highest BCUT2D eigenvalue weighted by atomic mass is 79.9. The predicted molar refractivity (Wildman–Crippen MR) is 138 cm³/mol. The minimum Gasteiger partial charge on any atom is -0.465 e. The third-order valence-corrected chi connectivity index (χ3v) is 5.97. The molecule has 1 aliphatic heterocycles. The number of carbonyl (C=O) groups is 2. The van der Waals surface area contributed by atoms with Crippen LogP contribution in [-0.4, -0.2) is 54.6 Å². The molecule has 0 bridgehead atoms. The molecule has 1 saturated heterocycles. The molecule has 188 valence electrons. The molecule has 2 aromatic heterocycles. The topological polar surface area (TPSA) is 145 Å². The number of nitrogens with one attached hydrogen (secondary N) is 2. The van der Waals surface area contributed by atoms with Crippen molar-refractivity contribution in [1.82, 2.24) is 20.6 Å². The van der Waals surface area contributed by atoms with Crippen molar-refractivity contribution >= 4 is 51.0 Å². The summed E-state index contributed by atoms with van der Waals surface area (Å²) in [4.78, 5) is 31.3. The summed E-state index contributed by atoms with van der Waals surface area (Å²) in [5, 5.41) is 6.83. The molecule has 3 rings (SSSR count). The van der Waals surface area contributed by atoms with E-state index in [9.17, 15) is 9.59 Å². The fourth-order valence-electron chi connectivity index (χ4n) is 2.69. The molecule has 0 saturated carbocycles. The highest BCUT2D eigenvalue weighted by molar-refractivity contribution is 9.10. The average Bonchev–Trinajstić information content (AvgIpc) is 2.82. The number of ether oxygens (including phenoxy) is 1. The largest absolute Gasteiger partial charge is 0.465 e. The summed E-state index contributed by atoms with van der Waals surface area (Å²) in [5.41, 5.74) is 10.6. The van der Waals surface area contributed by atoms with Gasteiger partial charge < -0.3 is 21.5 Å². The summed E-state index contributed by atoms with van der Waals surface area (Å²) < 4.78 is 4.07. The molecular formula is C22H31BrCl2N6O3. The van der Waals surface area contributed by atoms with Gasteiger partial charge in [-0.25, -0.2) is 9.97 Å². The van der Waals surface area contributed by atoms with Gasteiger partial charge in [0.15, 0.2) is 0 Å².